The van der Waals surface area contributed by atoms with Crippen LogP contribution in [0, 0.1) is 13.8 Å². The van der Waals surface area contributed by atoms with E-state index in [9.17, 15) is 4.79 Å². The van der Waals surface area contributed by atoms with Crippen LogP contribution < -0.4 is 0 Å². The van der Waals surface area contributed by atoms with Crippen LogP contribution in [-0.2, 0) is 11.2 Å². The van der Waals surface area contributed by atoms with Gasteiger partial charge in [-0.2, -0.15) is 0 Å². The number of hydrogen-bond donors (Lipinski definition) is 1. The Morgan fingerprint density at radius 3 is 2.06 bits per heavy atom. The maximum atomic E-state index is 10.8. The fourth-order valence-corrected chi connectivity index (χ4v) is 2.22. The lowest BCUT2D eigenvalue weighted by Crippen LogP contribution is -2.04. The molecule has 0 bridgehead atoms. The third-order valence-electron chi connectivity index (χ3n) is 3.13. The largest absolute Gasteiger partial charge is 0.481 e. The lowest BCUT2D eigenvalue weighted by molar-refractivity contribution is -0.136. The summed E-state index contributed by atoms with van der Waals surface area (Å²) in [7, 11) is 0. The van der Waals surface area contributed by atoms with Gasteiger partial charge in [-0.3, -0.25) is 4.79 Å². The minimum Gasteiger partial charge on any atom is -0.481 e. The average molecular weight is 240 g/mol. The molecule has 0 aliphatic heterocycles. The predicted octanol–water partition coefficient (Wildman–Crippen LogP) is 3.60. The number of carboxylic acid groups (broad SMARTS) is 1. The quantitative estimate of drug-likeness (QED) is 0.890. The molecule has 2 rings (SSSR count). The van der Waals surface area contributed by atoms with E-state index in [1.165, 1.54) is 0 Å². The fraction of sp³-hybridized carbons (Fsp3) is 0.188. The molecule has 0 fully saturated rings. The summed E-state index contributed by atoms with van der Waals surface area (Å²) in [6.45, 7) is 3.94. The van der Waals surface area contributed by atoms with E-state index in [1.807, 2.05) is 32.0 Å². The van der Waals surface area contributed by atoms with Gasteiger partial charge >= 0.3 is 5.97 Å². The first-order valence-corrected chi connectivity index (χ1v) is 5.95. The number of benzene rings is 2. The molecule has 0 saturated heterocycles. The van der Waals surface area contributed by atoms with Gasteiger partial charge in [0.25, 0.3) is 0 Å². The van der Waals surface area contributed by atoms with Crippen molar-refractivity contribution in [3.63, 3.8) is 0 Å². The molecule has 0 aromatic heterocycles. The minimum absolute atomic E-state index is 0.0900. The van der Waals surface area contributed by atoms with E-state index in [1.54, 1.807) is 0 Å². The van der Waals surface area contributed by atoms with Gasteiger partial charge in [0.1, 0.15) is 0 Å². The van der Waals surface area contributed by atoms with Gasteiger partial charge in [-0.15, -0.1) is 0 Å². The molecule has 0 spiro atoms. The highest BCUT2D eigenvalue weighted by Gasteiger charge is 2.09. The summed E-state index contributed by atoms with van der Waals surface area (Å²) in [4.78, 5) is 10.8. The van der Waals surface area contributed by atoms with Gasteiger partial charge in [0.15, 0.2) is 0 Å². The Labute approximate surface area is 107 Å². The van der Waals surface area contributed by atoms with Crippen molar-refractivity contribution in [2.45, 2.75) is 20.3 Å². The van der Waals surface area contributed by atoms with E-state index in [-0.39, 0.29) is 6.42 Å². The normalized spacial score (nSPS) is 10.3. The predicted molar refractivity (Wildman–Crippen MR) is 72.7 cm³/mol. The standard InChI is InChI=1S/C16H16O2/c1-11-8-14(13-6-4-3-5-7-13)9-12(2)15(11)10-16(17)18/h3-9H,10H2,1-2H3,(H,17,18). The zero-order valence-corrected chi connectivity index (χ0v) is 10.6. The fourth-order valence-electron chi connectivity index (χ4n) is 2.22. The van der Waals surface area contributed by atoms with Gasteiger partial charge in [-0.1, -0.05) is 42.5 Å². The van der Waals surface area contributed by atoms with Crippen molar-refractivity contribution >= 4 is 5.97 Å². The number of rotatable bonds is 3. The van der Waals surface area contributed by atoms with Crippen LogP contribution in [0.15, 0.2) is 42.5 Å². The second-order valence-electron chi connectivity index (χ2n) is 4.53. The van der Waals surface area contributed by atoms with Crippen LogP contribution in [0.25, 0.3) is 11.1 Å². The van der Waals surface area contributed by atoms with Gasteiger partial charge in [-0.25, -0.2) is 0 Å². The summed E-state index contributed by atoms with van der Waals surface area (Å²) in [5.41, 5.74) is 5.29. The van der Waals surface area contributed by atoms with Crippen LogP contribution in [0.1, 0.15) is 16.7 Å². The van der Waals surface area contributed by atoms with Crippen molar-refractivity contribution in [3.8, 4) is 11.1 Å². The molecular formula is C16H16O2. The van der Waals surface area contributed by atoms with Crippen molar-refractivity contribution in [1.82, 2.24) is 0 Å². The molecule has 92 valence electrons. The maximum absolute atomic E-state index is 10.8. The van der Waals surface area contributed by atoms with Crippen LogP contribution in [0.3, 0.4) is 0 Å². The number of carboxylic acids is 1. The molecule has 0 radical (unpaired) electrons. The van der Waals surface area contributed by atoms with E-state index in [4.69, 9.17) is 5.11 Å². The Hall–Kier alpha value is -2.09. The summed E-state index contributed by atoms with van der Waals surface area (Å²) >= 11 is 0. The number of carbonyl (C=O) groups is 1. The number of hydrogen-bond acceptors (Lipinski definition) is 1. The Bertz CT molecular complexity index is 548. The lowest BCUT2D eigenvalue weighted by atomic mass is 9.94. The van der Waals surface area contributed by atoms with Gasteiger partial charge in [0.05, 0.1) is 6.42 Å². The summed E-state index contributed by atoms with van der Waals surface area (Å²) in [6.07, 6.45) is 0.0900. The molecule has 2 aromatic carbocycles. The number of aliphatic carboxylic acids is 1. The third kappa shape index (κ3) is 2.59. The van der Waals surface area contributed by atoms with Gasteiger partial charge in [0.2, 0.25) is 0 Å². The van der Waals surface area contributed by atoms with Crippen LogP contribution in [-0.4, -0.2) is 11.1 Å². The zero-order chi connectivity index (χ0) is 13.1. The van der Waals surface area contributed by atoms with Crippen LogP contribution in [0.2, 0.25) is 0 Å². The molecule has 0 aliphatic rings. The average Bonchev–Trinajstić information content (AvgIpc) is 2.34. The Kier molecular flexibility index (Phi) is 3.47. The zero-order valence-electron chi connectivity index (χ0n) is 10.6. The van der Waals surface area contributed by atoms with Crippen molar-refractivity contribution in [3.05, 3.63) is 59.2 Å². The van der Waals surface area contributed by atoms with Crippen molar-refractivity contribution < 1.29 is 9.90 Å². The molecule has 1 N–H and O–H groups in total. The van der Waals surface area contributed by atoms with Gasteiger partial charge in [-0.05, 0) is 41.7 Å². The molecular weight excluding hydrogens is 224 g/mol. The molecule has 0 aliphatic carbocycles. The van der Waals surface area contributed by atoms with Crippen molar-refractivity contribution in [2.24, 2.45) is 0 Å². The Balaban J connectivity index is 2.46. The first-order valence-electron chi connectivity index (χ1n) is 5.95. The number of aryl methyl sites for hydroxylation is 2. The molecule has 0 atom stereocenters. The van der Waals surface area contributed by atoms with Gasteiger partial charge < -0.3 is 5.11 Å². The van der Waals surface area contributed by atoms with E-state index in [0.29, 0.717) is 0 Å². The highest BCUT2D eigenvalue weighted by molar-refractivity contribution is 5.73. The summed E-state index contributed by atoms with van der Waals surface area (Å²) in [5.74, 6) is -0.784. The highest BCUT2D eigenvalue weighted by atomic mass is 16.4. The second-order valence-corrected chi connectivity index (χ2v) is 4.53. The monoisotopic (exact) mass is 240 g/mol. The molecule has 0 amide bonds. The molecule has 2 nitrogen and oxygen atoms in total. The first-order chi connectivity index (χ1) is 8.58. The summed E-state index contributed by atoms with van der Waals surface area (Å²) < 4.78 is 0. The van der Waals surface area contributed by atoms with Crippen molar-refractivity contribution in [1.29, 1.82) is 0 Å². The Morgan fingerprint density at radius 2 is 1.56 bits per heavy atom. The second kappa shape index (κ2) is 5.05. The topological polar surface area (TPSA) is 37.3 Å². The van der Waals surface area contributed by atoms with Crippen LogP contribution >= 0.6 is 0 Å². The van der Waals surface area contributed by atoms with Gasteiger partial charge in [0, 0.05) is 0 Å². The first kappa shape index (κ1) is 12.4. The minimum atomic E-state index is -0.784. The van der Waals surface area contributed by atoms with Crippen LogP contribution in [0.4, 0.5) is 0 Å². The Morgan fingerprint density at radius 1 is 1.00 bits per heavy atom. The molecule has 18 heavy (non-hydrogen) atoms. The summed E-state index contributed by atoms with van der Waals surface area (Å²) in [5, 5.41) is 8.90. The summed E-state index contributed by atoms with van der Waals surface area (Å²) in [6, 6.07) is 14.2. The highest BCUT2D eigenvalue weighted by Crippen LogP contribution is 2.25. The van der Waals surface area contributed by atoms with Crippen molar-refractivity contribution in [2.75, 3.05) is 0 Å². The smallest absolute Gasteiger partial charge is 0.307 e. The molecule has 0 heterocycles. The van der Waals surface area contributed by atoms with Crippen LogP contribution in [0.5, 0.6) is 0 Å². The lowest BCUT2D eigenvalue weighted by Gasteiger charge is -2.11. The molecule has 2 aromatic rings. The molecule has 2 heteroatoms. The molecule has 0 saturated carbocycles. The third-order valence-corrected chi connectivity index (χ3v) is 3.13. The van der Waals surface area contributed by atoms with E-state index in [0.717, 1.165) is 27.8 Å². The van der Waals surface area contributed by atoms with E-state index < -0.39 is 5.97 Å². The molecule has 0 unspecified atom stereocenters. The SMILES string of the molecule is Cc1cc(-c2ccccc2)cc(C)c1CC(=O)O. The van der Waals surface area contributed by atoms with E-state index in [2.05, 4.69) is 24.3 Å². The maximum Gasteiger partial charge on any atom is 0.307 e. The van der Waals surface area contributed by atoms with E-state index >= 15 is 0 Å².